The van der Waals surface area contributed by atoms with E-state index in [2.05, 4.69) is 36.8 Å². The molecule has 0 aromatic heterocycles. The van der Waals surface area contributed by atoms with Crippen molar-refractivity contribution in [1.82, 2.24) is 0 Å². The minimum Gasteiger partial charge on any atom is -0.441 e. The van der Waals surface area contributed by atoms with Gasteiger partial charge in [0.05, 0.1) is 16.5 Å². The molecule has 3 aromatic rings. The van der Waals surface area contributed by atoms with Crippen molar-refractivity contribution in [3.8, 4) is 12.3 Å². The molecule has 3 heteroatoms. The second-order valence-electron chi connectivity index (χ2n) is 5.69. The fourth-order valence-corrected chi connectivity index (χ4v) is 4.74. The normalized spacial score (nSPS) is 11.4. The molecule has 0 saturated heterocycles. The number of benzene rings is 3. The second-order valence-corrected chi connectivity index (χ2v) is 7.71. The SMILES string of the molecule is C#CC(C=C)OC(=O)c1cccc([S+](c2ccccc2)c2ccccc2)c1. The van der Waals surface area contributed by atoms with Gasteiger partial charge in [-0.05, 0) is 42.5 Å². The number of hydrogen-bond donors (Lipinski definition) is 0. The van der Waals surface area contributed by atoms with E-state index in [0.717, 1.165) is 4.90 Å². The van der Waals surface area contributed by atoms with Gasteiger partial charge in [-0.1, -0.05) is 55.0 Å². The molecule has 1 atom stereocenters. The molecule has 0 amide bonds. The molecule has 132 valence electrons. The van der Waals surface area contributed by atoms with Crippen LogP contribution in [0.5, 0.6) is 0 Å². The van der Waals surface area contributed by atoms with Crippen LogP contribution in [0.1, 0.15) is 10.4 Å². The maximum Gasteiger partial charge on any atom is 0.339 e. The Labute approximate surface area is 162 Å². The van der Waals surface area contributed by atoms with Crippen molar-refractivity contribution in [2.45, 2.75) is 20.8 Å². The summed E-state index contributed by atoms with van der Waals surface area (Å²) in [4.78, 5) is 15.9. The zero-order chi connectivity index (χ0) is 19.1. The van der Waals surface area contributed by atoms with Crippen LogP contribution in [-0.4, -0.2) is 12.1 Å². The molecule has 0 aliphatic carbocycles. The molecule has 2 nitrogen and oxygen atoms in total. The van der Waals surface area contributed by atoms with E-state index < -0.39 is 12.1 Å². The molecule has 3 rings (SSSR count). The van der Waals surface area contributed by atoms with E-state index in [0.29, 0.717) is 5.56 Å². The Morgan fingerprint density at radius 2 is 1.48 bits per heavy atom. The Morgan fingerprint density at radius 1 is 0.926 bits per heavy atom. The molecular weight excluding hydrogens is 352 g/mol. The van der Waals surface area contributed by atoms with Crippen molar-refractivity contribution < 1.29 is 9.53 Å². The maximum atomic E-state index is 12.5. The molecule has 0 aliphatic heterocycles. The Bertz CT molecular complexity index is 919. The van der Waals surface area contributed by atoms with Crippen molar-refractivity contribution in [2.75, 3.05) is 0 Å². The van der Waals surface area contributed by atoms with Gasteiger partial charge in [-0.25, -0.2) is 4.79 Å². The van der Waals surface area contributed by atoms with Gasteiger partial charge in [0.2, 0.25) is 0 Å². The van der Waals surface area contributed by atoms with Crippen LogP contribution in [0.4, 0.5) is 0 Å². The monoisotopic (exact) mass is 371 g/mol. The lowest BCUT2D eigenvalue weighted by atomic mass is 10.2. The van der Waals surface area contributed by atoms with Gasteiger partial charge in [0.15, 0.2) is 20.8 Å². The highest BCUT2D eigenvalue weighted by Crippen LogP contribution is 2.31. The largest absolute Gasteiger partial charge is 0.441 e. The molecule has 0 spiro atoms. The highest BCUT2D eigenvalue weighted by atomic mass is 32.2. The Balaban J connectivity index is 2.00. The average Bonchev–Trinajstić information content (AvgIpc) is 2.74. The lowest BCUT2D eigenvalue weighted by Crippen LogP contribution is -2.14. The predicted molar refractivity (Wildman–Crippen MR) is 110 cm³/mol. The number of carbonyl (C=O) groups excluding carboxylic acids is 1. The van der Waals surface area contributed by atoms with Crippen molar-refractivity contribution in [3.05, 3.63) is 103 Å². The number of carbonyl (C=O) groups is 1. The molecule has 0 heterocycles. The molecule has 0 N–H and O–H groups in total. The lowest BCUT2D eigenvalue weighted by Gasteiger charge is -2.10. The topological polar surface area (TPSA) is 26.3 Å². The summed E-state index contributed by atoms with van der Waals surface area (Å²) in [6.45, 7) is 3.59. The van der Waals surface area contributed by atoms with Gasteiger partial charge in [0, 0.05) is 6.07 Å². The smallest absolute Gasteiger partial charge is 0.339 e. The van der Waals surface area contributed by atoms with Gasteiger partial charge < -0.3 is 4.74 Å². The van der Waals surface area contributed by atoms with E-state index >= 15 is 0 Å². The van der Waals surface area contributed by atoms with Gasteiger partial charge in [0.1, 0.15) is 0 Å². The minimum atomic E-state index is -0.734. The summed E-state index contributed by atoms with van der Waals surface area (Å²) >= 11 is 0. The van der Waals surface area contributed by atoms with E-state index in [1.165, 1.54) is 15.9 Å². The van der Waals surface area contributed by atoms with Gasteiger partial charge in [-0.2, -0.15) is 0 Å². The first-order valence-electron chi connectivity index (χ1n) is 8.47. The lowest BCUT2D eigenvalue weighted by molar-refractivity contribution is 0.0475. The first kappa shape index (κ1) is 18.6. The van der Waals surface area contributed by atoms with Crippen LogP contribution in [0.3, 0.4) is 0 Å². The molecule has 0 fully saturated rings. The number of rotatable bonds is 6. The average molecular weight is 371 g/mol. The number of terminal acetylenes is 1. The van der Waals surface area contributed by atoms with E-state index in [4.69, 9.17) is 11.2 Å². The van der Waals surface area contributed by atoms with Crippen LogP contribution in [0.25, 0.3) is 0 Å². The molecule has 0 bridgehead atoms. The fraction of sp³-hybridized carbons (Fsp3) is 0.0417. The molecule has 1 unspecified atom stereocenters. The Morgan fingerprint density at radius 3 is 2.00 bits per heavy atom. The highest BCUT2D eigenvalue weighted by Gasteiger charge is 2.29. The summed E-state index contributed by atoms with van der Waals surface area (Å²) in [7, 11) is -0.326. The molecular formula is C24H19O2S+. The van der Waals surface area contributed by atoms with Crippen molar-refractivity contribution >= 4 is 16.9 Å². The third kappa shape index (κ3) is 4.49. The van der Waals surface area contributed by atoms with Crippen molar-refractivity contribution in [2.24, 2.45) is 0 Å². The minimum absolute atomic E-state index is 0.326. The van der Waals surface area contributed by atoms with Gasteiger partial charge in [0.25, 0.3) is 0 Å². The van der Waals surface area contributed by atoms with Crippen LogP contribution >= 0.6 is 0 Å². The zero-order valence-corrected chi connectivity index (χ0v) is 15.6. The van der Waals surface area contributed by atoms with Gasteiger partial charge in [-0.3, -0.25) is 0 Å². The fourth-order valence-electron chi connectivity index (χ4n) is 2.60. The zero-order valence-electron chi connectivity index (χ0n) is 14.7. The summed E-state index contributed by atoms with van der Waals surface area (Å²) in [6, 6.07) is 28.0. The first-order chi connectivity index (χ1) is 13.2. The third-order valence-electron chi connectivity index (χ3n) is 3.88. The Kier molecular flexibility index (Phi) is 6.14. The molecule has 0 aliphatic rings. The highest BCUT2D eigenvalue weighted by molar-refractivity contribution is 7.97. The maximum absolute atomic E-state index is 12.5. The van der Waals surface area contributed by atoms with Crippen LogP contribution in [0, 0.1) is 12.3 Å². The van der Waals surface area contributed by atoms with Crippen LogP contribution < -0.4 is 0 Å². The number of esters is 1. The van der Waals surface area contributed by atoms with E-state index in [-0.39, 0.29) is 10.9 Å². The second kappa shape index (κ2) is 8.93. The molecule has 0 radical (unpaired) electrons. The summed E-state index contributed by atoms with van der Waals surface area (Å²) in [6.07, 6.45) is 6.04. The molecule has 3 aromatic carbocycles. The summed E-state index contributed by atoms with van der Waals surface area (Å²) in [5, 5.41) is 0. The summed E-state index contributed by atoms with van der Waals surface area (Å²) in [5.74, 6) is 1.93. The first-order valence-corrected chi connectivity index (χ1v) is 9.69. The predicted octanol–water partition coefficient (Wildman–Crippen LogP) is 5.13. The molecule has 27 heavy (non-hydrogen) atoms. The quantitative estimate of drug-likeness (QED) is 0.260. The van der Waals surface area contributed by atoms with Crippen LogP contribution in [0.15, 0.2) is 112 Å². The van der Waals surface area contributed by atoms with E-state index in [1.54, 1.807) is 6.07 Å². The summed E-state index contributed by atoms with van der Waals surface area (Å²) in [5.41, 5.74) is 0.471. The number of ether oxygens (including phenoxy) is 1. The van der Waals surface area contributed by atoms with E-state index in [9.17, 15) is 4.79 Å². The van der Waals surface area contributed by atoms with Gasteiger partial charge in [-0.15, -0.1) is 6.42 Å². The van der Waals surface area contributed by atoms with Crippen molar-refractivity contribution in [1.29, 1.82) is 0 Å². The third-order valence-corrected chi connectivity index (χ3v) is 6.09. The summed E-state index contributed by atoms with van der Waals surface area (Å²) < 4.78 is 5.29. The van der Waals surface area contributed by atoms with Gasteiger partial charge >= 0.3 is 5.97 Å². The van der Waals surface area contributed by atoms with Crippen LogP contribution in [-0.2, 0) is 15.6 Å². The standard InChI is InChI=1S/C24H19O2S/c1-3-20(4-2)26-24(25)19-12-11-17-23(18-19)27(21-13-7-5-8-14-21)22-15-9-6-10-16-22/h1,4-18,20H,2H2/q+1. The number of hydrogen-bond acceptors (Lipinski definition) is 2. The van der Waals surface area contributed by atoms with Crippen LogP contribution in [0.2, 0.25) is 0 Å². The van der Waals surface area contributed by atoms with Crippen molar-refractivity contribution in [3.63, 3.8) is 0 Å². The van der Waals surface area contributed by atoms with E-state index in [1.807, 2.05) is 54.6 Å². The molecule has 0 saturated carbocycles. The Hall–Kier alpha value is -3.22.